The Morgan fingerprint density at radius 3 is 2.32 bits per heavy atom. The molecule has 0 spiro atoms. The Hall–Kier alpha value is -2.61. The van der Waals surface area contributed by atoms with Crippen molar-refractivity contribution in [2.24, 2.45) is 0 Å². The van der Waals surface area contributed by atoms with Crippen LogP contribution < -0.4 is 0 Å². The highest BCUT2D eigenvalue weighted by Crippen LogP contribution is 2.30. The molecule has 152 valence electrons. The fraction of sp³-hybridized carbons (Fsp3) is 0.550. The van der Waals surface area contributed by atoms with Gasteiger partial charge in [0.2, 0.25) is 5.91 Å². The van der Waals surface area contributed by atoms with Gasteiger partial charge in [-0.05, 0) is 19.4 Å². The molecule has 8 nitrogen and oxygen atoms in total. The van der Waals surface area contributed by atoms with Crippen molar-refractivity contribution in [3.05, 3.63) is 35.4 Å². The van der Waals surface area contributed by atoms with Crippen LogP contribution in [0.25, 0.3) is 0 Å². The highest BCUT2D eigenvalue weighted by molar-refractivity contribution is 5.86. The predicted molar refractivity (Wildman–Crippen MR) is 102 cm³/mol. The normalized spacial score (nSPS) is 23.0. The van der Waals surface area contributed by atoms with E-state index in [1.54, 1.807) is 28.7 Å². The van der Waals surface area contributed by atoms with Gasteiger partial charge in [-0.3, -0.25) is 9.59 Å². The van der Waals surface area contributed by atoms with Gasteiger partial charge in [-0.15, -0.1) is 0 Å². The highest BCUT2D eigenvalue weighted by atomic mass is 16.6. The fourth-order valence-corrected chi connectivity index (χ4v) is 3.58. The second-order valence-electron chi connectivity index (χ2n) is 7.10. The van der Waals surface area contributed by atoms with E-state index >= 15 is 0 Å². The topological polar surface area (TPSA) is 79.4 Å². The summed E-state index contributed by atoms with van der Waals surface area (Å²) in [5, 5.41) is 0. The molecule has 3 amide bonds. The minimum Gasteiger partial charge on any atom is -0.450 e. The third-order valence-electron chi connectivity index (χ3n) is 5.26. The van der Waals surface area contributed by atoms with Crippen LogP contribution in [0.1, 0.15) is 24.1 Å². The van der Waals surface area contributed by atoms with Gasteiger partial charge < -0.3 is 24.2 Å². The van der Waals surface area contributed by atoms with Gasteiger partial charge in [0.1, 0.15) is 6.61 Å². The molecule has 0 aromatic heterocycles. The summed E-state index contributed by atoms with van der Waals surface area (Å²) in [6.07, 6.45) is -1.12. The number of piperazine rings is 1. The molecule has 0 saturated carbocycles. The van der Waals surface area contributed by atoms with Crippen LogP contribution in [0.15, 0.2) is 24.3 Å². The van der Waals surface area contributed by atoms with Crippen molar-refractivity contribution in [1.82, 2.24) is 14.7 Å². The number of rotatable bonds is 3. The van der Waals surface area contributed by atoms with Crippen molar-refractivity contribution in [2.75, 3.05) is 46.4 Å². The molecule has 2 aliphatic rings. The number of hydrogen-bond donors (Lipinski definition) is 0. The van der Waals surface area contributed by atoms with Crippen LogP contribution in [0, 0.1) is 6.92 Å². The van der Waals surface area contributed by atoms with Crippen molar-refractivity contribution in [3.8, 4) is 0 Å². The summed E-state index contributed by atoms with van der Waals surface area (Å²) in [6, 6.07) is 7.30. The van der Waals surface area contributed by atoms with Gasteiger partial charge in [-0.1, -0.05) is 29.8 Å². The quantitative estimate of drug-likeness (QED) is 0.776. The second-order valence-corrected chi connectivity index (χ2v) is 7.10. The molecule has 2 fully saturated rings. The predicted octanol–water partition coefficient (Wildman–Crippen LogP) is 1.19. The van der Waals surface area contributed by atoms with Gasteiger partial charge in [0.25, 0.3) is 5.91 Å². The van der Waals surface area contributed by atoms with E-state index in [1.807, 2.05) is 31.2 Å². The fourth-order valence-electron chi connectivity index (χ4n) is 3.58. The first-order chi connectivity index (χ1) is 13.4. The summed E-state index contributed by atoms with van der Waals surface area (Å²) in [5.41, 5.74) is 1.97. The summed E-state index contributed by atoms with van der Waals surface area (Å²) in [4.78, 5) is 42.1. The minimum atomic E-state index is -0.764. The van der Waals surface area contributed by atoms with Crippen LogP contribution in [-0.4, -0.2) is 85.2 Å². The lowest BCUT2D eigenvalue weighted by atomic mass is 9.96. The van der Waals surface area contributed by atoms with E-state index in [-0.39, 0.29) is 24.5 Å². The molecule has 0 radical (unpaired) electrons. The Bertz CT molecular complexity index is 728. The lowest BCUT2D eigenvalue weighted by Gasteiger charge is -2.42. The van der Waals surface area contributed by atoms with E-state index < -0.39 is 12.1 Å². The number of ether oxygens (including phenoxy) is 2. The van der Waals surface area contributed by atoms with Crippen molar-refractivity contribution in [3.63, 3.8) is 0 Å². The van der Waals surface area contributed by atoms with Gasteiger partial charge in [0, 0.05) is 33.2 Å². The molecule has 8 heteroatoms. The lowest BCUT2D eigenvalue weighted by Crippen LogP contribution is -2.57. The molecule has 1 aromatic rings. The number of likely N-dealkylation sites (N-methyl/N-ethyl adjacent to an activating group) is 1. The smallest absolute Gasteiger partial charge is 0.409 e. The summed E-state index contributed by atoms with van der Waals surface area (Å²) in [7, 11) is 1.70. The molecule has 2 unspecified atom stereocenters. The number of carbonyl (C=O) groups is 3. The Balaban J connectivity index is 1.73. The Morgan fingerprint density at radius 2 is 1.71 bits per heavy atom. The second kappa shape index (κ2) is 8.60. The summed E-state index contributed by atoms with van der Waals surface area (Å²) < 4.78 is 10.7. The summed E-state index contributed by atoms with van der Waals surface area (Å²) in [6.45, 7) is 5.63. The van der Waals surface area contributed by atoms with Crippen LogP contribution in [0.2, 0.25) is 0 Å². The van der Waals surface area contributed by atoms with E-state index in [0.29, 0.717) is 32.8 Å². The molecular formula is C20H27N3O5. The zero-order valence-corrected chi connectivity index (χ0v) is 16.6. The molecule has 3 rings (SSSR count). The first-order valence-electron chi connectivity index (χ1n) is 9.56. The number of hydrogen-bond acceptors (Lipinski definition) is 5. The number of morpholine rings is 1. The van der Waals surface area contributed by atoms with Crippen LogP contribution in [0.4, 0.5) is 4.79 Å². The maximum absolute atomic E-state index is 13.2. The first-order valence-corrected chi connectivity index (χ1v) is 9.56. The monoisotopic (exact) mass is 389 g/mol. The minimum absolute atomic E-state index is 0.113. The van der Waals surface area contributed by atoms with Gasteiger partial charge >= 0.3 is 6.09 Å². The van der Waals surface area contributed by atoms with E-state index in [4.69, 9.17) is 9.47 Å². The maximum atomic E-state index is 13.2. The number of nitrogens with zero attached hydrogens (tertiary/aromatic N) is 3. The highest BCUT2D eigenvalue weighted by Gasteiger charge is 2.42. The molecule has 2 atom stereocenters. The van der Waals surface area contributed by atoms with Crippen LogP contribution in [0.5, 0.6) is 0 Å². The molecule has 0 bridgehead atoms. The van der Waals surface area contributed by atoms with Gasteiger partial charge in [0.15, 0.2) is 6.10 Å². The lowest BCUT2D eigenvalue weighted by molar-refractivity contribution is -0.168. The molecular weight excluding hydrogens is 362 g/mol. The van der Waals surface area contributed by atoms with E-state index in [2.05, 4.69) is 0 Å². The zero-order valence-electron chi connectivity index (χ0n) is 16.6. The van der Waals surface area contributed by atoms with Gasteiger partial charge in [-0.25, -0.2) is 4.79 Å². The number of benzene rings is 1. The van der Waals surface area contributed by atoms with Crippen molar-refractivity contribution in [1.29, 1.82) is 0 Å². The Labute approximate surface area is 165 Å². The molecule has 0 N–H and O–H groups in total. The number of carbonyl (C=O) groups excluding carboxylic acids is 3. The van der Waals surface area contributed by atoms with E-state index in [1.165, 1.54) is 0 Å². The third-order valence-corrected chi connectivity index (χ3v) is 5.26. The third kappa shape index (κ3) is 4.11. The van der Waals surface area contributed by atoms with Crippen LogP contribution >= 0.6 is 0 Å². The molecule has 2 aliphatic heterocycles. The average Bonchev–Trinajstić information content (AvgIpc) is 2.70. The van der Waals surface area contributed by atoms with Gasteiger partial charge in [-0.2, -0.15) is 0 Å². The maximum Gasteiger partial charge on any atom is 0.409 e. The van der Waals surface area contributed by atoms with Gasteiger partial charge in [0.05, 0.1) is 12.6 Å². The number of amides is 3. The van der Waals surface area contributed by atoms with E-state index in [0.717, 1.165) is 11.1 Å². The van der Waals surface area contributed by atoms with Crippen LogP contribution in [0.3, 0.4) is 0 Å². The van der Waals surface area contributed by atoms with Crippen molar-refractivity contribution in [2.45, 2.75) is 26.0 Å². The van der Waals surface area contributed by atoms with Crippen molar-refractivity contribution >= 4 is 17.9 Å². The molecule has 1 aromatic carbocycles. The SMILES string of the molecule is CCOC(=O)N1CCN(C(=O)C2OCC(=O)N(C)C2c2ccc(C)cc2)CC1. The molecule has 0 aliphatic carbocycles. The van der Waals surface area contributed by atoms with Crippen molar-refractivity contribution < 1.29 is 23.9 Å². The Kier molecular flexibility index (Phi) is 6.18. The standard InChI is InChI=1S/C20H27N3O5/c1-4-27-20(26)23-11-9-22(10-12-23)19(25)18-17(21(3)16(24)13-28-18)15-7-5-14(2)6-8-15/h5-8,17-18H,4,9-13H2,1-3H3. The zero-order chi connectivity index (χ0) is 20.3. The summed E-state index contributed by atoms with van der Waals surface area (Å²) >= 11 is 0. The Morgan fingerprint density at radius 1 is 1.11 bits per heavy atom. The largest absolute Gasteiger partial charge is 0.450 e. The molecule has 2 heterocycles. The molecule has 28 heavy (non-hydrogen) atoms. The molecule has 2 saturated heterocycles. The average molecular weight is 389 g/mol. The first kappa shape index (κ1) is 20.1. The van der Waals surface area contributed by atoms with E-state index in [9.17, 15) is 14.4 Å². The number of aryl methyl sites for hydroxylation is 1. The van der Waals surface area contributed by atoms with Crippen LogP contribution in [-0.2, 0) is 19.1 Å². The summed E-state index contributed by atoms with van der Waals surface area (Å²) in [5.74, 6) is -0.310.